The molecule has 1 aliphatic carbocycles. The molecule has 1 amide bonds. The molecule has 0 bridgehead atoms. The van der Waals surface area contributed by atoms with Crippen LogP contribution in [0.15, 0.2) is 11.6 Å². The van der Waals surface area contributed by atoms with Crippen LogP contribution in [-0.4, -0.2) is 22.1 Å². The number of allylic oxidation sites excluding steroid dienone is 1. The van der Waals surface area contributed by atoms with E-state index in [1.807, 2.05) is 6.92 Å². The molecule has 0 fully saturated rings. The lowest BCUT2D eigenvalue weighted by Crippen LogP contribution is -2.35. The smallest absolute Gasteiger partial charge is 0.272 e. The first-order valence-electron chi connectivity index (χ1n) is 7.17. The summed E-state index contributed by atoms with van der Waals surface area (Å²) in [5, 5.41) is 10.1. The number of rotatable bonds is 4. The Labute approximate surface area is 114 Å². The monoisotopic (exact) mass is 261 g/mol. The van der Waals surface area contributed by atoms with Gasteiger partial charge in [-0.2, -0.15) is 5.10 Å². The average Bonchev–Trinajstić information content (AvgIpc) is 2.80. The zero-order valence-corrected chi connectivity index (χ0v) is 12.0. The third-order valence-corrected chi connectivity index (χ3v) is 3.91. The van der Waals surface area contributed by atoms with E-state index in [2.05, 4.69) is 35.4 Å². The van der Waals surface area contributed by atoms with Crippen molar-refractivity contribution < 1.29 is 4.79 Å². The highest BCUT2D eigenvalue weighted by molar-refractivity contribution is 5.94. The summed E-state index contributed by atoms with van der Waals surface area (Å²) in [5.74, 6) is -0.0765. The summed E-state index contributed by atoms with van der Waals surface area (Å²) in [6.07, 6.45) is 7.87. The summed E-state index contributed by atoms with van der Waals surface area (Å²) in [6, 6.07) is 0.106. The van der Waals surface area contributed by atoms with Crippen molar-refractivity contribution in [2.75, 3.05) is 0 Å². The largest absolute Gasteiger partial charge is 0.344 e. The molecule has 1 atom stereocenters. The summed E-state index contributed by atoms with van der Waals surface area (Å²) in [4.78, 5) is 12.2. The molecule has 0 aliphatic heterocycles. The number of hydrogen-bond donors (Lipinski definition) is 2. The molecule has 1 aromatic rings. The fourth-order valence-corrected chi connectivity index (χ4v) is 2.61. The molecule has 0 spiro atoms. The molecule has 1 aromatic heterocycles. The third kappa shape index (κ3) is 3.06. The fourth-order valence-electron chi connectivity index (χ4n) is 2.61. The molecule has 0 saturated heterocycles. The zero-order chi connectivity index (χ0) is 13.8. The quantitative estimate of drug-likeness (QED) is 0.819. The fraction of sp³-hybridized carbons (Fsp3) is 0.600. The van der Waals surface area contributed by atoms with Crippen molar-refractivity contribution >= 4 is 5.91 Å². The Hall–Kier alpha value is -1.58. The van der Waals surface area contributed by atoms with Gasteiger partial charge in [0.2, 0.25) is 0 Å². The van der Waals surface area contributed by atoms with Gasteiger partial charge in [-0.25, -0.2) is 0 Å². The molecule has 104 valence electrons. The molecule has 0 radical (unpaired) electrons. The third-order valence-electron chi connectivity index (χ3n) is 3.91. The summed E-state index contributed by atoms with van der Waals surface area (Å²) in [5.41, 5.74) is 3.88. The Morgan fingerprint density at radius 1 is 1.53 bits per heavy atom. The molecule has 0 saturated carbocycles. The van der Waals surface area contributed by atoms with Crippen molar-refractivity contribution in [2.45, 2.75) is 58.9 Å². The molecule has 19 heavy (non-hydrogen) atoms. The lowest BCUT2D eigenvalue weighted by atomic mass is 9.94. The number of aryl methyl sites for hydroxylation is 1. The first kappa shape index (κ1) is 13.8. The molecule has 2 N–H and O–H groups in total. The number of carbonyl (C=O) groups is 1. The number of nitrogens with zero attached hydrogens (tertiary/aromatic N) is 1. The molecule has 1 heterocycles. The number of hydrogen-bond acceptors (Lipinski definition) is 2. The number of amides is 1. The van der Waals surface area contributed by atoms with E-state index in [1.165, 1.54) is 18.4 Å². The van der Waals surface area contributed by atoms with Crippen molar-refractivity contribution in [1.29, 1.82) is 0 Å². The Morgan fingerprint density at radius 3 is 2.89 bits per heavy atom. The number of H-pyrrole nitrogens is 1. The zero-order valence-electron chi connectivity index (χ0n) is 12.0. The van der Waals surface area contributed by atoms with E-state index in [-0.39, 0.29) is 11.9 Å². The van der Waals surface area contributed by atoms with Gasteiger partial charge in [0.1, 0.15) is 0 Å². The van der Waals surface area contributed by atoms with Crippen LogP contribution in [0.5, 0.6) is 0 Å². The van der Waals surface area contributed by atoms with Crippen LogP contribution in [0.2, 0.25) is 0 Å². The van der Waals surface area contributed by atoms with E-state index < -0.39 is 0 Å². The summed E-state index contributed by atoms with van der Waals surface area (Å²) >= 11 is 0. The van der Waals surface area contributed by atoms with Gasteiger partial charge in [-0.3, -0.25) is 9.89 Å². The van der Waals surface area contributed by atoms with Gasteiger partial charge >= 0.3 is 0 Å². The van der Waals surface area contributed by atoms with Gasteiger partial charge in [0.25, 0.3) is 5.91 Å². The molecular weight excluding hydrogens is 238 g/mol. The molecule has 4 nitrogen and oxygen atoms in total. The first-order chi connectivity index (χ1) is 9.13. The number of nitrogens with one attached hydrogen (secondary N) is 2. The van der Waals surface area contributed by atoms with Crippen LogP contribution in [0.1, 0.15) is 61.3 Å². The van der Waals surface area contributed by atoms with Crippen LogP contribution in [0.25, 0.3) is 0 Å². The Balaban J connectivity index is 2.04. The maximum atomic E-state index is 12.2. The summed E-state index contributed by atoms with van der Waals surface area (Å²) < 4.78 is 0. The van der Waals surface area contributed by atoms with Gasteiger partial charge in [0.15, 0.2) is 5.69 Å². The summed E-state index contributed by atoms with van der Waals surface area (Å²) in [6.45, 7) is 6.05. The van der Waals surface area contributed by atoms with Crippen LogP contribution in [0.4, 0.5) is 0 Å². The molecule has 4 heteroatoms. The first-order valence-corrected chi connectivity index (χ1v) is 7.17. The summed E-state index contributed by atoms with van der Waals surface area (Å²) in [7, 11) is 0. The Morgan fingerprint density at radius 2 is 2.32 bits per heavy atom. The van der Waals surface area contributed by atoms with Crippen molar-refractivity contribution in [3.63, 3.8) is 0 Å². The second kappa shape index (κ2) is 6.04. The van der Waals surface area contributed by atoms with Crippen molar-refractivity contribution in [3.05, 3.63) is 28.6 Å². The van der Waals surface area contributed by atoms with Gasteiger partial charge in [-0.15, -0.1) is 0 Å². The van der Waals surface area contributed by atoms with Gasteiger partial charge < -0.3 is 5.32 Å². The molecule has 0 aromatic carbocycles. The van der Waals surface area contributed by atoms with Gasteiger partial charge in [-0.05, 0) is 46.0 Å². The van der Waals surface area contributed by atoms with Crippen molar-refractivity contribution in [1.82, 2.24) is 15.5 Å². The van der Waals surface area contributed by atoms with Crippen LogP contribution in [-0.2, 0) is 6.42 Å². The second-order valence-electron chi connectivity index (χ2n) is 5.25. The topological polar surface area (TPSA) is 57.8 Å². The molecule has 2 rings (SSSR count). The number of carbonyl (C=O) groups excluding carboxylic acids is 1. The highest BCUT2D eigenvalue weighted by Gasteiger charge is 2.19. The normalized spacial score (nSPS) is 16.9. The molecule has 0 unspecified atom stereocenters. The highest BCUT2D eigenvalue weighted by Crippen LogP contribution is 2.20. The maximum absolute atomic E-state index is 12.2. The van der Waals surface area contributed by atoms with Gasteiger partial charge in [0.05, 0.1) is 0 Å². The van der Waals surface area contributed by atoms with Crippen LogP contribution < -0.4 is 5.32 Å². The second-order valence-corrected chi connectivity index (χ2v) is 5.25. The van der Waals surface area contributed by atoms with E-state index in [0.29, 0.717) is 5.69 Å². The van der Waals surface area contributed by atoms with Crippen LogP contribution >= 0.6 is 0 Å². The maximum Gasteiger partial charge on any atom is 0.272 e. The molecule has 1 aliphatic rings. The van der Waals surface area contributed by atoms with Gasteiger partial charge in [0, 0.05) is 17.3 Å². The van der Waals surface area contributed by atoms with Crippen molar-refractivity contribution in [3.8, 4) is 0 Å². The van der Waals surface area contributed by atoms with Crippen molar-refractivity contribution in [2.24, 2.45) is 0 Å². The van der Waals surface area contributed by atoms with Crippen LogP contribution in [0, 0.1) is 6.92 Å². The van der Waals surface area contributed by atoms with E-state index >= 15 is 0 Å². The minimum Gasteiger partial charge on any atom is -0.344 e. The number of aromatic nitrogens is 2. The Kier molecular flexibility index (Phi) is 4.40. The minimum absolute atomic E-state index is 0.0765. The van der Waals surface area contributed by atoms with Gasteiger partial charge in [-0.1, -0.05) is 18.6 Å². The predicted molar refractivity (Wildman–Crippen MR) is 76.2 cm³/mol. The van der Waals surface area contributed by atoms with Crippen LogP contribution in [0.3, 0.4) is 0 Å². The van der Waals surface area contributed by atoms with E-state index in [0.717, 1.165) is 30.5 Å². The van der Waals surface area contributed by atoms with E-state index in [1.54, 1.807) is 0 Å². The minimum atomic E-state index is -0.0765. The highest BCUT2D eigenvalue weighted by atomic mass is 16.2. The standard InChI is InChI=1S/C15H23N3O/c1-4-13-10(2)14(18-17-13)15(19)16-11(3)12-8-6-5-7-9-12/h8,11H,4-7,9H2,1-3H3,(H,16,19)(H,17,18)/t11-/m1/s1. The average molecular weight is 261 g/mol. The number of aromatic amines is 1. The lowest BCUT2D eigenvalue weighted by Gasteiger charge is -2.20. The lowest BCUT2D eigenvalue weighted by molar-refractivity contribution is 0.0939. The SMILES string of the molecule is CCc1[nH]nc(C(=O)N[C@H](C)C2=CCCCC2)c1C. The molecular formula is C15H23N3O. The van der Waals surface area contributed by atoms with E-state index in [9.17, 15) is 4.79 Å². The Bertz CT molecular complexity index is 488. The predicted octanol–water partition coefficient (Wildman–Crippen LogP) is 2.90. The van der Waals surface area contributed by atoms with E-state index in [4.69, 9.17) is 0 Å².